The molecule has 3 N–H and O–H groups in total. The summed E-state index contributed by atoms with van der Waals surface area (Å²) in [6, 6.07) is 9.77. The number of nitrogens with zero attached hydrogens (tertiary/aromatic N) is 1. The van der Waals surface area contributed by atoms with E-state index in [2.05, 4.69) is 5.32 Å². The standard InChI is InChI=1S/C18H20ClN3O4S/c1-11-4-7-14(19)10-16(11)22(27(3,25)26)12(2)18(24)21-15-8-5-13(6-9-15)17(20)23/h4-10,12H,1-3H3,(H2,20,23)(H,21,24)/t12-/m0/s1. The predicted octanol–water partition coefficient (Wildman–Crippen LogP) is 2.54. The number of rotatable bonds is 6. The van der Waals surface area contributed by atoms with E-state index in [1.54, 1.807) is 19.1 Å². The van der Waals surface area contributed by atoms with Crippen molar-refractivity contribution in [3.8, 4) is 0 Å². The highest BCUT2D eigenvalue weighted by molar-refractivity contribution is 7.92. The fourth-order valence-corrected chi connectivity index (χ4v) is 3.96. The van der Waals surface area contributed by atoms with Gasteiger partial charge in [-0.3, -0.25) is 13.9 Å². The Labute approximate surface area is 163 Å². The zero-order valence-electron chi connectivity index (χ0n) is 15.1. The molecule has 0 spiro atoms. The Morgan fingerprint density at radius 3 is 2.26 bits per heavy atom. The molecule has 2 aromatic carbocycles. The smallest absolute Gasteiger partial charge is 0.248 e. The van der Waals surface area contributed by atoms with Crippen LogP contribution in [0.4, 0.5) is 11.4 Å². The van der Waals surface area contributed by atoms with Crippen LogP contribution in [0.2, 0.25) is 5.02 Å². The molecule has 0 saturated heterocycles. The second-order valence-electron chi connectivity index (χ2n) is 6.10. The van der Waals surface area contributed by atoms with Gasteiger partial charge in [0, 0.05) is 16.3 Å². The van der Waals surface area contributed by atoms with E-state index >= 15 is 0 Å². The highest BCUT2D eigenvalue weighted by atomic mass is 35.5. The number of hydrogen-bond donors (Lipinski definition) is 2. The van der Waals surface area contributed by atoms with Gasteiger partial charge >= 0.3 is 0 Å². The van der Waals surface area contributed by atoms with Gasteiger partial charge in [0.25, 0.3) is 0 Å². The van der Waals surface area contributed by atoms with Crippen LogP contribution >= 0.6 is 11.6 Å². The number of benzene rings is 2. The second kappa shape index (κ2) is 7.98. The third-order valence-corrected chi connectivity index (χ3v) is 5.40. The van der Waals surface area contributed by atoms with Crippen molar-refractivity contribution in [2.24, 2.45) is 5.73 Å². The molecule has 7 nitrogen and oxygen atoms in total. The van der Waals surface area contributed by atoms with Crippen molar-refractivity contribution >= 4 is 44.8 Å². The third-order valence-electron chi connectivity index (χ3n) is 3.93. The molecule has 144 valence electrons. The van der Waals surface area contributed by atoms with Crippen molar-refractivity contribution < 1.29 is 18.0 Å². The van der Waals surface area contributed by atoms with Gasteiger partial charge in [0.1, 0.15) is 6.04 Å². The number of aryl methyl sites for hydroxylation is 1. The average Bonchev–Trinajstić information content (AvgIpc) is 2.57. The minimum atomic E-state index is -3.76. The van der Waals surface area contributed by atoms with Crippen molar-refractivity contribution in [3.05, 3.63) is 58.6 Å². The van der Waals surface area contributed by atoms with Crippen molar-refractivity contribution in [1.29, 1.82) is 0 Å². The van der Waals surface area contributed by atoms with Crippen molar-refractivity contribution in [1.82, 2.24) is 0 Å². The summed E-state index contributed by atoms with van der Waals surface area (Å²) in [5.74, 6) is -1.12. The summed E-state index contributed by atoms with van der Waals surface area (Å²) in [5.41, 5.74) is 6.88. The van der Waals surface area contributed by atoms with Gasteiger partial charge in [0.15, 0.2) is 0 Å². The van der Waals surface area contributed by atoms with E-state index < -0.39 is 27.9 Å². The van der Waals surface area contributed by atoms with E-state index in [1.165, 1.54) is 37.3 Å². The lowest BCUT2D eigenvalue weighted by Gasteiger charge is -2.29. The summed E-state index contributed by atoms with van der Waals surface area (Å²) in [5, 5.41) is 2.99. The van der Waals surface area contributed by atoms with Crippen molar-refractivity contribution in [2.75, 3.05) is 15.9 Å². The summed E-state index contributed by atoms with van der Waals surface area (Å²) in [6.45, 7) is 3.21. The first-order chi connectivity index (χ1) is 12.5. The Morgan fingerprint density at radius 2 is 1.74 bits per heavy atom. The zero-order valence-corrected chi connectivity index (χ0v) is 16.6. The highest BCUT2D eigenvalue weighted by Crippen LogP contribution is 2.28. The molecule has 2 rings (SSSR count). The lowest BCUT2D eigenvalue weighted by Crippen LogP contribution is -2.45. The first kappa shape index (κ1) is 20.7. The first-order valence-corrected chi connectivity index (χ1v) is 10.2. The van der Waals surface area contributed by atoms with E-state index in [9.17, 15) is 18.0 Å². The molecule has 0 aromatic heterocycles. The molecule has 1 atom stereocenters. The number of primary amides is 1. The van der Waals surface area contributed by atoms with Gasteiger partial charge in [-0.2, -0.15) is 0 Å². The van der Waals surface area contributed by atoms with Gasteiger partial charge < -0.3 is 11.1 Å². The fourth-order valence-electron chi connectivity index (χ4n) is 2.57. The molecule has 2 amide bonds. The molecular weight excluding hydrogens is 390 g/mol. The molecule has 0 saturated carbocycles. The Morgan fingerprint density at radius 1 is 1.15 bits per heavy atom. The first-order valence-electron chi connectivity index (χ1n) is 7.97. The van der Waals surface area contributed by atoms with Crippen molar-refractivity contribution in [3.63, 3.8) is 0 Å². The van der Waals surface area contributed by atoms with Crippen LogP contribution in [-0.2, 0) is 14.8 Å². The molecule has 0 fully saturated rings. The minimum Gasteiger partial charge on any atom is -0.366 e. The van der Waals surface area contributed by atoms with Gasteiger partial charge in [0.2, 0.25) is 21.8 Å². The lowest BCUT2D eigenvalue weighted by atomic mass is 10.1. The molecule has 0 bridgehead atoms. The number of carbonyl (C=O) groups is 2. The predicted molar refractivity (Wildman–Crippen MR) is 107 cm³/mol. The normalized spacial score (nSPS) is 12.3. The van der Waals surface area contributed by atoms with E-state index in [0.717, 1.165) is 10.6 Å². The van der Waals surface area contributed by atoms with Crippen molar-refractivity contribution in [2.45, 2.75) is 19.9 Å². The average molecular weight is 410 g/mol. The number of sulfonamides is 1. The molecule has 0 heterocycles. The van der Waals surface area contributed by atoms with Crippen LogP contribution in [0.1, 0.15) is 22.8 Å². The fraction of sp³-hybridized carbons (Fsp3) is 0.222. The number of carbonyl (C=O) groups excluding carboxylic acids is 2. The molecule has 0 aliphatic carbocycles. The van der Waals surface area contributed by atoms with Gasteiger partial charge in [-0.25, -0.2) is 8.42 Å². The maximum Gasteiger partial charge on any atom is 0.248 e. The molecule has 0 radical (unpaired) electrons. The number of anilines is 2. The zero-order chi connectivity index (χ0) is 20.4. The molecule has 27 heavy (non-hydrogen) atoms. The van der Waals surface area contributed by atoms with E-state index in [-0.39, 0.29) is 0 Å². The Hall–Kier alpha value is -2.58. The molecule has 0 aliphatic heterocycles. The monoisotopic (exact) mass is 409 g/mol. The Balaban J connectivity index is 2.32. The summed E-state index contributed by atoms with van der Waals surface area (Å²) in [6.07, 6.45) is 1.03. The van der Waals surface area contributed by atoms with Gasteiger partial charge in [-0.1, -0.05) is 17.7 Å². The number of amides is 2. The quantitative estimate of drug-likeness (QED) is 0.763. The summed E-state index contributed by atoms with van der Waals surface area (Å²) < 4.78 is 25.8. The number of halogens is 1. The van der Waals surface area contributed by atoms with E-state index in [0.29, 0.717) is 27.5 Å². The minimum absolute atomic E-state index is 0.299. The molecular formula is C18H20ClN3O4S. The molecule has 9 heteroatoms. The van der Waals surface area contributed by atoms with E-state index in [4.69, 9.17) is 17.3 Å². The maximum absolute atomic E-state index is 12.6. The second-order valence-corrected chi connectivity index (χ2v) is 8.39. The Bertz CT molecular complexity index is 975. The number of nitrogens with two attached hydrogens (primary N) is 1. The Kier molecular flexibility index (Phi) is 6.12. The topological polar surface area (TPSA) is 110 Å². The highest BCUT2D eigenvalue weighted by Gasteiger charge is 2.30. The van der Waals surface area contributed by atoms with Crippen LogP contribution in [-0.4, -0.2) is 32.5 Å². The lowest BCUT2D eigenvalue weighted by molar-refractivity contribution is -0.116. The van der Waals surface area contributed by atoms with Crippen LogP contribution < -0.4 is 15.4 Å². The van der Waals surface area contributed by atoms with Gasteiger partial charge in [-0.05, 0) is 55.8 Å². The van der Waals surface area contributed by atoms with Crippen LogP contribution in [0, 0.1) is 6.92 Å². The number of hydrogen-bond acceptors (Lipinski definition) is 4. The largest absolute Gasteiger partial charge is 0.366 e. The third kappa shape index (κ3) is 4.99. The van der Waals surface area contributed by atoms with Crippen LogP contribution in [0.3, 0.4) is 0 Å². The summed E-state index contributed by atoms with van der Waals surface area (Å²) in [7, 11) is -3.76. The summed E-state index contributed by atoms with van der Waals surface area (Å²) in [4.78, 5) is 23.8. The van der Waals surface area contributed by atoms with E-state index in [1.807, 2.05) is 0 Å². The summed E-state index contributed by atoms with van der Waals surface area (Å²) >= 11 is 6.01. The molecule has 0 unspecified atom stereocenters. The van der Waals surface area contributed by atoms with Crippen LogP contribution in [0.25, 0.3) is 0 Å². The van der Waals surface area contributed by atoms with Gasteiger partial charge in [0.05, 0.1) is 11.9 Å². The van der Waals surface area contributed by atoms with Gasteiger partial charge in [-0.15, -0.1) is 0 Å². The van der Waals surface area contributed by atoms with Crippen LogP contribution in [0.15, 0.2) is 42.5 Å². The SMILES string of the molecule is Cc1ccc(Cl)cc1N([C@@H](C)C(=O)Nc1ccc(C(N)=O)cc1)S(C)(=O)=O. The molecule has 0 aliphatic rings. The number of nitrogens with one attached hydrogen (secondary N) is 1. The van der Waals surface area contributed by atoms with Crippen LogP contribution in [0.5, 0.6) is 0 Å². The maximum atomic E-state index is 12.6. The molecule has 2 aromatic rings.